The average molecular weight is 333 g/mol. The number of hydrogen-bond donors (Lipinski definition) is 0. The first kappa shape index (κ1) is 16.0. The van der Waals surface area contributed by atoms with Gasteiger partial charge >= 0.3 is 6.03 Å². The third kappa shape index (κ3) is 2.93. The minimum absolute atomic E-state index is 0.233. The van der Waals surface area contributed by atoms with E-state index in [-0.39, 0.29) is 18.2 Å². The number of carbonyl (C=O) groups excluding carboxylic acids is 1. The summed E-state index contributed by atoms with van der Waals surface area (Å²) in [6.45, 7) is 5.32. The molecule has 3 fully saturated rings. The molecule has 2 amide bonds. The fourth-order valence-corrected chi connectivity index (χ4v) is 4.61. The molecule has 0 radical (unpaired) electrons. The highest BCUT2D eigenvalue weighted by molar-refractivity contribution is 5.75. The van der Waals surface area contributed by atoms with Crippen molar-refractivity contribution in [3.63, 3.8) is 0 Å². The summed E-state index contributed by atoms with van der Waals surface area (Å²) in [6.07, 6.45) is 5.18. The fourth-order valence-electron chi connectivity index (χ4n) is 4.61. The number of rotatable bonds is 3. The summed E-state index contributed by atoms with van der Waals surface area (Å²) >= 11 is 0. The number of ether oxygens (including phenoxy) is 1. The zero-order chi connectivity index (χ0) is 16.5. The number of nitrogens with zero attached hydrogens (tertiary/aromatic N) is 3. The number of fused-ring (bicyclic) bond motifs is 1. The predicted octanol–water partition coefficient (Wildman–Crippen LogP) is 2.02. The molecule has 4 rings (SSSR count). The van der Waals surface area contributed by atoms with Gasteiger partial charge in [-0.25, -0.2) is 4.79 Å². The van der Waals surface area contributed by atoms with Crippen LogP contribution >= 0.6 is 0 Å². The van der Waals surface area contributed by atoms with Gasteiger partial charge in [-0.05, 0) is 31.4 Å². The summed E-state index contributed by atoms with van der Waals surface area (Å²) in [5, 5.41) is 0. The van der Waals surface area contributed by atoms with Crippen LogP contribution in [0.5, 0.6) is 0 Å². The van der Waals surface area contributed by atoms with E-state index in [1.807, 2.05) is 17.0 Å². The predicted molar refractivity (Wildman–Crippen MR) is 89.6 cm³/mol. The van der Waals surface area contributed by atoms with E-state index >= 15 is 0 Å². The highest BCUT2D eigenvalue weighted by atomic mass is 16.5. The normalized spacial score (nSPS) is 30.8. The molecule has 3 aliphatic heterocycles. The van der Waals surface area contributed by atoms with E-state index in [1.54, 1.807) is 13.4 Å². The number of urea groups is 1. The molecule has 0 N–H and O–H groups in total. The van der Waals surface area contributed by atoms with Crippen molar-refractivity contribution in [1.29, 1.82) is 0 Å². The van der Waals surface area contributed by atoms with Gasteiger partial charge in [-0.1, -0.05) is 0 Å². The number of piperidine rings is 1. The van der Waals surface area contributed by atoms with Gasteiger partial charge in [-0.2, -0.15) is 0 Å². The molecule has 3 saturated heterocycles. The van der Waals surface area contributed by atoms with Crippen molar-refractivity contribution in [3.05, 3.63) is 24.2 Å². The Bertz CT molecular complexity index is 556. The molecule has 6 heteroatoms. The second-order valence-electron chi connectivity index (χ2n) is 7.24. The van der Waals surface area contributed by atoms with Crippen molar-refractivity contribution < 1.29 is 13.9 Å². The standard InChI is InChI=1S/C18H27N3O3/c1-23-17-6-9-21(18(22)20-7-2-3-8-20)16-13-19(12-15(16)17)11-14-5-4-10-24-14/h4-5,10,15-17H,2-3,6-9,11-13H2,1H3/t15-,16+,17-/m0/s1. The maximum absolute atomic E-state index is 12.9. The molecule has 24 heavy (non-hydrogen) atoms. The lowest BCUT2D eigenvalue weighted by molar-refractivity contribution is -0.0125. The second kappa shape index (κ2) is 6.76. The molecular formula is C18H27N3O3. The van der Waals surface area contributed by atoms with Crippen LogP contribution < -0.4 is 0 Å². The van der Waals surface area contributed by atoms with Crippen LogP contribution in [0.3, 0.4) is 0 Å². The SMILES string of the molecule is CO[C@H]1CCN(C(=O)N2CCCC2)[C@@H]2CN(Cc3ccco3)C[C@H]12. The molecular weight excluding hydrogens is 306 g/mol. The molecule has 0 unspecified atom stereocenters. The Balaban J connectivity index is 1.48. The summed E-state index contributed by atoms with van der Waals surface area (Å²) in [7, 11) is 1.80. The zero-order valence-corrected chi connectivity index (χ0v) is 14.4. The minimum Gasteiger partial charge on any atom is -0.468 e. The first-order valence-corrected chi connectivity index (χ1v) is 9.09. The van der Waals surface area contributed by atoms with Crippen molar-refractivity contribution >= 4 is 6.03 Å². The highest BCUT2D eigenvalue weighted by Gasteiger charge is 2.47. The van der Waals surface area contributed by atoms with E-state index in [2.05, 4.69) is 9.80 Å². The topological polar surface area (TPSA) is 49.2 Å². The molecule has 6 nitrogen and oxygen atoms in total. The van der Waals surface area contributed by atoms with Crippen LogP contribution in [0, 0.1) is 5.92 Å². The molecule has 132 valence electrons. The van der Waals surface area contributed by atoms with E-state index in [0.29, 0.717) is 5.92 Å². The quantitative estimate of drug-likeness (QED) is 0.849. The lowest BCUT2D eigenvalue weighted by Gasteiger charge is -2.42. The van der Waals surface area contributed by atoms with E-state index in [4.69, 9.17) is 9.15 Å². The lowest BCUT2D eigenvalue weighted by Crippen LogP contribution is -2.56. The van der Waals surface area contributed by atoms with Crippen LogP contribution in [0.1, 0.15) is 25.0 Å². The number of furan rings is 1. The maximum atomic E-state index is 12.9. The average Bonchev–Trinajstić information content (AvgIpc) is 3.34. The molecule has 4 heterocycles. The molecule has 0 aliphatic carbocycles. The smallest absolute Gasteiger partial charge is 0.320 e. The van der Waals surface area contributed by atoms with Crippen LogP contribution in [-0.2, 0) is 11.3 Å². The number of hydrogen-bond acceptors (Lipinski definition) is 4. The summed E-state index contributed by atoms with van der Waals surface area (Å²) < 4.78 is 11.2. The van der Waals surface area contributed by atoms with Gasteiger partial charge in [0.1, 0.15) is 5.76 Å². The van der Waals surface area contributed by atoms with Gasteiger partial charge in [-0.3, -0.25) is 4.90 Å². The number of methoxy groups -OCH3 is 1. The van der Waals surface area contributed by atoms with Gasteiger partial charge in [-0.15, -0.1) is 0 Å². The Hall–Kier alpha value is -1.53. The first-order valence-electron chi connectivity index (χ1n) is 9.09. The van der Waals surface area contributed by atoms with Crippen molar-refractivity contribution in [2.24, 2.45) is 5.92 Å². The summed E-state index contributed by atoms with van der Waals surface area (Å²) in [5.41, 5.74) is 0. The molecule has 3 atom stereocenters. The number of carbonyl (C=O) groups is 1. The molecule has 0 spiro atoms. The Kier molecular flexibility index (Phi) is 4.50. The zero-order valence-electron chi connectivity index (χ0n) is 14.4. The Morgan fingerprint density at radius 1 is 1.29 bits per heavy atom. The van der Waals surface area contributed by atoms with E-state index < -0.39 is 0 Å². The van der Waals surface area contributed by atoms with Gasteiger partial charge in [0, 0.05) is 45.8 Å². The summed E-state index contributed by atoms with van der Waals surface area (Å²) in [4.78, 5) is 19.5. The lowest BCUT2D eigenvalue weighted by atomic mass is 9.89. The van der Waals surface area contributed by atoms with Crippen molar-refractivity contribution in [3.8, 4) is 0 Å². The van der Waals surface area contributed by atoms with E-state index in [1.165, 1.54) is 0 Å². The molecule has 1 aromatic heterocycles. The molecule has 0 saturated carbocycles. The Morgan fingerprint density at radius 3 is 2.83 bits per heavy atom. The van der Waals surface area contributed by atoms with Gasteiger partial charge in [0.05, 0.1) is 25.0 Å². The Morgan fingerprint density at radius 2 is 2.12 bits per heavy atom. The fraction of sp³-hybridized carbons (Fsp3) is 0.722. The molecule has 0 aromatic carbocycles. The third-order valence-corrected chi connectivity index (χ3v) is 5.83. The van der Waals surface area contributed by atoms with Gasteiger partial charge < -0.3 is 19.0 Å². The van der Waals surface area contributed by atoms with Gasteiger partial charge in [0.2, 0.25) is 0 Å². The first-order chi connectivity index (χ1) is 11.8. The largest absolute Gasteiger partial charge is 0.468 e. The van der Waals surface area contributed by atoms with Crippen molar-refractivity contribution in [2.45, 2.75) is 38.0 Å². The third-order valence-electron chi connectivity index (χ3n) is 5.83. The number of amides is 2. The van der Waals surface area contributed by atoms with Crippen LogP contribution in [-0.4, -0.2) is 72.7 Å². The monoisotopic (exact) mass is 333 g/mol. The van der Waals surface area contributed by atoms with E-state index in [9.17, 15) is 4.79 Å². The van der Waals surface area contributed by atoms with Crippen LogP contribution in [0.25, 0.3) is 0 Å². The molecule has 3 aliphatic rings. The van der Waals surface area contributed by atoms with Crippen molar-refractivity contribution in [1.82, 2.24) is 14.7 Å². The van der Waals surface area contributed by atoms with Crippen molar-refractivity contribution in [2.75, 3.05) is 39.8 Å². The number of likely N-dealkylation sites (tertiary alicyclic amines) is 3. The summed E-state index contributed by atoms with van der Waals surface area (Å²) in [5.74, 6) is 1.38. The van der Waals surface area contributed by atoms with Crippen LogP contribution in [0.2, 0.25) is 0 Å². The second-order valence-corrected chi connectivity index (χ2v) is 7.24. The maximum Gasteiger partial charge on any atom is 0.320 e. The Labute approximate surface area is 143 Å². The molecule has 0 bridgehead atoms. The van der Waals surface area contributed by atoms with E-state index in [0.717, 1.165) is 64.3 Å². The highest BCUT2D eigenvalue weighted by Crippen LogP contribution is 2.34. The van der Waals surface area contributed by atoms with Crippen LogP contribution in [0.15, 0.2) is 22.8 Å². The van der Waals surface area contributed by atoms with Gasteiger partial charge in [0.25, 0.3) is 0 Å². The van der Waals surface area contributed by atoms with Gasteiger partial charge in [0.15, 0.2) is 0 Å². The molecule has 1 aromatic rings. The minimum atomic E-state index is 0.233. The summed E-state index contributed by atoms with van der Waals surface area (Å²) in [6, 6.07) is 4.44. The van der Waals surface area contributed by atoms with Crippen LogP contribution in [0.4, 0.5) is 4.79 Å².